The summed E-state index contributed by atoms with van der Waals surface area (Å²) in [7, 11) is 1.56. The van der Waals surface area contributed by atoms with Crippen LogP contribution in [-0.2, 0) is 16.0 Å². The lowest BCUT2D eigenvalue weighted by Gasteiger charge is -2.47. The number of hydrogen-bond donors (Lipinski definition) is 1. The lowest BCUT2D eigenvalue weighted by molar-refractivity contribution is -0.182. The molecule has 0 aromatic heterocycles. The number of benzene rings is 1. The van der Waals surface area contributed by atoms with E-state index in [-0.39, 0.29) is 5.91 Å². The number of amides is 2. The van der Waals surface area contributed by atoms with E-state index in [0.717, 1.165) is 5.56 Å². The first-order valence-electron chi connectivity index (χ1n) is 6.83. The Morgan fingerprint density at radius 3 is 2.62 bits per heavy atom. The van der Waals surface area contributed by atoms with E-state index in [2.05, 4.69) is 0 Å². The largest absolute Gasteiger partial charge is 0.442 e. The third-order valence-corrected chi connectivity index (χ3v) is 3.18. The number of carbonyl (C=O) groups is 2. The van der Waals surface area contributed by atoms with Crippen LogP contribution in [-0.4, -0.2) is 40.7 Å². The first-order valence-corrected chi connectivity index (χ1v) is 6.83. The Morgan fingerprint density at radius 1 is 1.38 bits per heavy atom. The number of likely N-dealkylation sites (N-methyl/N-ethyl adjacent to an activating group) is 1. The smallest absolute Gasteiger partial charge is 0.430 e. The molecule has 0 radical (unpaired) electrons. The lowest BCUT2D eigenvalue weighted by atomic mass is 10.0. The predicted octanol–water partition coefficient (Wildman–Crippen LogP) is 1.80. The van der Waals surface area contributed by atoms with Gasteiger partial charge in [-0.1, -0.05) is 12.1 Å². The monoisotopic (exact) mass is 291 g/mol. The maximum atomic E-state index is 12.1. The fourth-order valence-electron chi connectivity index (χ4n) is 2.25. The molecule has 0 spiro atoms. The van der Waals surface area contributed by atoms with Gasteiger partial charge in [0.25, 0.3) is 5.91 Å². The molecule has 1 aliphatic heterocycles. The van der Waals surface area contributed by atoms with Crippen LogP contribution in [0, 0.1) is 0 Å². The molecular formula is C15H21N3O3. The van der Waals surface area contributed by atoms with E-state index < -0.39 is 17.7 Å². The number of nitrogens with two attached hydrogens (primary N) is 1. The second-order valence-corrected chi connectivity index (χ2v) is 6.15. The van der Waals surface area contributed by atoms with Gasteiger partial charge in [-0.25, -0.2) is 14.8 Å². The van der Waals surface area contributed by atoms with Crippen molar-refractivity contribution in [2.75, 3.05) is 12.8 Å². The van der Waals surface area contributed by atoms with Crippen LogP contribution in [0.2, 0.25) is 0 Å². The van der Waals surface area contributed by atoms with Gasteiger partial charge in [0.2, 0.25) is 0 Å². The summed E-state index contributed by atoms with van der Waals surface area (Å²) in [5.74, 6) is -0.108. The van der Waals surface area contributed by atoms with E-state index in [9.17, 15) is 9.59 Å². The second-order valence-electron chi connectivity index (χ2n) is 6.15. The first kappa shape index (κ1) is 15.2. The molecule has 0 unspecified atom stereocenters. The van der Waals surface area contributed by atoms with Crippen LogP contribution in [0.4, 0.5) is 10.5 Å². The zero-order valence-corrected chi connectivity index (χ0v) is 12.8. The Bertz CT molecular complexity index is 566. The van der Waals surface area contributed by atoms with Gasteiger partial charge in [-0.15, -0.1) is 0 Å². The molecule has 0 aliphatic carbocycles. The van der Waals surface area contributed by atoms with Crippen molar-refractivity contribution in [3.8, 4) is 0 Å². The van der Waals surface area contributed by atoms with Gasteiger partial charge in [0, 0.05) is 19.2 Å². The molecule has 6 heteroatoms. The van der Waals surface area contributed by atoms with Crippen LogP contribution >= 0.6 is 0 Å². The van der Waals surface area contributed by atoms with Crippen LogP contribution in [0.25, 0.3) is 0 Å². The summed E-state index contributed by atoms with van der Waals surface area (Å²) < 4.78 is 5.32. The minimum absolute atomic E-state index is 0.108. The summed E-state index contributed by atoms with van der Waals surface area (Å²) in [6, 6.07) is 6.76. The van der Waals surface area contributed by atoms with Crippen LogP contribution < -0.4 is 5.73 Å². The fraction of sp³-hybridized carbons (Fsp3) is 0.467. The zero-order valence-electron chi connectivity index (χ0n) is 12.8. The average Bonchev–Trinajstić information content (AvgIpc) is 2.35. The molecule has 1 aromatic rings. The van der Waals surface area contributed by atoms with Crippen molar-refractivity contribution in [3.05, 3.63) is 29.8 Å². The predicted molar refractivity (Wildman–Crippen MR) is 79.2 cm³/mol. The molecule has 2 amide bonds. The summed E-state index contributed by atoms with van der Waals surface area (Å²) >= 11 is 0. The standard InChI is InChI=1S/C15H21N3O3/c1-15(2,3)21-14(20)18-12(13(19)17(18)4)9-10-6-5-7-11(16)8-10/h5-8,12H,9,16H2,1-4H3/t12-/m0/s1. The molecule has 1 aromatic carbocycles. The van der Waals surface area contributed by atoms with E-state index in [1.807, 2.05) is 12.1 Å². The van der Waals surface area contributed by atoms with Crippen molar-refractivity contribution in [1.29, 1.82) is 0 Å². The Morgan fingerprint density at radius 2 is 2.05 bits per heavy atom. The summed E-state index contributed by atoms with van der Waals surface area (Å²) in [4.78, 5) is 24.1. The van der Waals surface area contributed by atoms with Gasteiger partial charge in [-0.3, -0.25) is 4.79 Å². The van der Waals surface area contributed by atoms with Crippen molar-refractivity contribution >= 4 is 17.7 Å². The Hall–Kier alpha value is -2.24. The summed E-state index contributed by atoms with van der Waals surface area (Å²) in [6.45, 7) is 5.37. The number of nitrogen functional groups attached to an aromatic ring is 1. The van der Waals surface area contributed by atoms with Crippen LogP contribution in [0.1, 0.15) is 26.3 Å². The highest BCUT2D eigenvalue weighted by atomic mass is 16.6. The number of ether oxygens (including phenoxy) is 1. The van der Waals surface area contributed by atoms with Crippen molar-refractivity contribution in [3.63, 3.8) is 0 Å². The second kappa shape index (κ2) is 5.27. The van der Waals surface area contributed by atoms with E-state index in [1.54, 1.807) is 40.0 Å². The molecule has 0 bridgehead atoms. The molecule has 21 heavy (non-hydrogen) atoms. The van der Waals surface area contributed by atoms with Crippen molar-refractivity contribution < 1.29 is 14.3 Å². The van der Waals surface area contributed by atoms with E-state index in [0.29, 0.717) is 12.1 Å². The number of carbonyl (C=O) groups excluding carboxylic acids is 2. The number of anilines is 1. The van der Waals surface area contributed by atoms with Gasteiger partial charge in [0.15, 0.2) is 0 Å². The highest BCUT2D eigenvalue weighted by Gasteiger charge is 2.47. The molecule has 1 fully saturated rings. The Labute approximate surface area is 124 Å². The van der Waals surface area contributed by atoms with Gasteiger partial charge >= 0.3 is 6.09 Å². The third kappa shape index (κ3) is 3.26. The van der Waals surface area contributed by atoms with Gasteiger partial charge in [-0.2, -0.15) is 0 Å². The molecule has 6 nitrogen and oxygen atoms in total. The molecule has 114 valence electrons. The molecule has 1 saturated heterocycles. The average molecular weight is 291 g/mol. The number of nitrogens with zero attached hydrogens (tertiary/aromatic N) is 2. The van der Waals surface area contributed by atoms with Crippen molar-refractivity contribution in [2.24, 2.45) is 0 Å². The Balaban J connectivity index is 2.11. The SMILES string of the molecule is CN1C(=O)[C@H](Cc2cccc(N)c2)N1C(=O)OC(C)(C)C. The van der Waals surface area contributed by atoms with Crippen LogP contribution in [0.3, 0.4) is 0 Å². The number of hydrogen-bond acceptors (Lipinski definition) is 4. The Kier molecular flexibility index (Phi) is 3.80. The summed E-state index contributed by atoms with van der Waals surface area (Å²) in [6.07, 6.45) is -0.0912. The minimum atomic E-state index is -0.599. The van der Waals surface area contributed by atoms with E-state index >= 15 is 0 Å². The summed E-state index contributed by atoms with van der Waals surface area (Å²) in [5, 5.41) is 2.63. The maximum Gasteiger partial charge on any atom is 0.430 e. The van der Waals surface area contributed by atoms with Crippen molar-refractivity contribution in [1.82, 2.24) is 10.0 Å². The first-order chi connectivity index (χ1) is 9.69. The van der Waals surface area contributed by atoms with Gasteiger partial charge in [0.1, 0.15) is 11.6 Å². The number of rotatable bonds is 2. The molecule has 0 saturated carbocycles. The highest BCUT2D eigenvalue weighted by molar-refractivity contribution is 5.93. The molecule has 1 heterocycles. The lowest BCUT2D eigenvalue weighted by Crippen LogP contribution is -2.70. The van der Waals surface area contributed by atoms with Crippen molar-refractivity contribution in [2.45, 2.75) is 38.8 Å². The zero-order chi connectivity index (χ0) is 15.8. The third-order valence-electron chi connectivity index (χ3n) is 3.18. The quantitative estimate of drug-likeness (QED) is 0.843. The molecular weight excluding hydrogens is 270 g/mol. The van der Waals surface area contributed by atoms with Crippen LogP contribution in [0.5, 0.6) is 0 Å². The normalized spacial score (nSPS) is 18.5. The number of hydrazine groups is 1. The summed E-state index contributed by atoms with van der Waals surface area (Å²) in [5.41, 5.74) is 6.68. The van der Waals surface area contributed by atoms with E-state index in [4.69, 9.17) is 10.5 Å². The highest BCUT2D eigenvalue weighted by Crippen LogP contribution is 2.25. The molecule has 2 rings (SSSR count). The van der Waals surface area contributed by atoms with Gasteiger partial charge in [-0.05, 0) is 38.5 Å². The van der Waals surface area contributed by atoms with E-state index in [1.165, 1.54) is 10.0 Å². The molecule has 1 atom stereocenters. The maximum absolute atomic E-state index is 12.1. The topological polar surface area (TPSA) is 75.9 Å². The molecule has 2 N–H and O–H groups in total. The minimum Gasteiger partial charge on any atom is -0.442 e. The van der Waals surface area contributed by atoms with Gasteiger partial charge in [0.05, 0.1) is 0 Å². The molecule has 1 aliphatic rings. The fourth-order valence-corrected chi connectivity index (χ4v) is 2.25. The van der Waals surface area contributed by atoms with Crippen LogP contribution in [0.15, 0.2) is 24.3 Å². The van der Waals surface area contributed by atoms with Gasteiger partial charge < -0.3 is 10.5 Å².